The molecule has 1 fully saturated rings. The number of carbonyl (C=O) groups excluding carboxylic acids is 1. The average molecular weight is 283 g/mol. The van der Waals surface area contributed by atoms with Crippen LogP contribution in [0.25, 0.3) is 0 Å². The van der Waals surface area contributed by atoms with Crippen molar-refractivity contribution in [2.45, 2.75) is 39.7 Å². The van der Waals surface area contributed by atoms with E-state index in [1.165, 1.54) is 11.1 Å². The van der Waals surface area contributed by atoms with Crippen LogP contribution in [0.2, 0.25) is 0 Å². The molecule has 2 N–H and O–H groups in total. The number of carbonyl (C=O) groups is 1. The fraction of sp³-hybridized carbons (Fsp3) is 0.533. The summed E-state index contributed by atoms with van der Waals surface area (Å²) in [5.74, 6) is 0.301. The van der Waals surface area contributed by atoms with Crippen LogP contribution >= 0.6 is 12.4 Å². The Morgan fingerprint density at radius 2 is 1.89 bits per heavy atom. The molecule has 0 radical (unpaired) electrons. The molecule has 2 rings (SSSR count). The number of hydrogen-bond acceptors (Lipinski definition) is 2. The first-order chi connectivity index (χ1) is 8.54. The normalized spacial score (nSPS) is 22.5. The Morgan fingerprint density at radius 3 is 2.47 bits per heavy atom. The Morgan fingerprint density at radius 1 is 1.26 bits per heavy atom. The van der Waals surface area contributed by atoms with Crippen molar-refractivity contribution >= 4 is 24.0 Å². The predicted molar refractivity (Wildman–Crippen MR) is 82.0 cm³/mol. The summed E-state index contributed by atoms with van der Waals surface area (Å²) in [7, 11) is 0. The first-order valence-electron chi connectivity index (χ1n) is 6.67. The molecule has 0 bridgehead atoms. The van der Waals surface area contributed by atoms with Gasteiger partial charge in [0.15, 0.2) is 0 Å². The Kier molecular flexibility index (Phi) is 5.83. The van der Waals surface area contributed by atoms with Crippen molar-refractivity contribution in [1.82, 2.24) is 5.32 Å². The molecule has 1 amide bonds. The lowest BCUT2D eigenvalue weighted by Gasteiger charge is -2.27. The second-order valence-corrected chi connectivity index (χ2v) is 5.44. The average Bonchev–Trinajstić information content (AvgIpc) is 2.27. The maximum Gasteiger partial charge on any atom is 0.227 e. The number of piperidine rings is 1. The van der Waals surface area contributed by atoms with Crippen molar-refractivity contribution in [2.24, 2.45) is 5.92 Å². The molecule has 106 valence electrons. The van der Waals surface area contributed by atoms with E-state index in [2.05, 4.69) is 37.5 Å². The highest BCUT2D eigenvalue weighted by Gasteiger charge is 2.24. The summed E-state index contributed by atoms with van der Waals surface area (Å²) in [6, 6.07) is 6.60. The number of aryl methyl sites for hydroxylation is 2. The molecule has 0 saturated carbocycles. The molecule has 0 aliphatic carbocycles. The molecular weight excluding hydrogens is 260 g/mol. The van der Waals surface area contributed by atoms with Crippen LogP contribution in [0.5, 0.6) is 0 Å². The largest absolute Gasteiger partial charge is 0.326 e. The summed E-state index contributed by atoms with van der Waals surface area (Å²) >= 11 is 0. The van der Waals surface area contributed by atoms with Gasteiger partial charge in [0.1, 0.15) is 0 Å². The second-order valence-electron chi connectivity index (χ2n) is 5.44. The van der Waals surface area contributed by atoms with Crippen LogP contribution in [0.4, 0.5) is 5.69 Å². The number of rotatable bonds is 2. The number of amides is 1. The van der Waals surface area contributed by atoms with Gasteiger partial charge in [-0.1, -0.05) is 6.07 Å². The van der Waals surface area contributed by atoms with Gasteiger partial charge in [0.05, 0.1) is 0 Å². The molecule has 0 aromatic heterocycles. The molecular formula is C15H23ClN2O. The van der Waals surface area contributed by atoms with Crippen molar-refractivity contribution in [3.05, 3.63) is 29.3 Å². The highest BCUT2D eigenvalue weighted by Crippen LogP contribution is 2.20. The first-order valence-corrected chi connectivity index (χ1v) is 6.67. The van der Waals surface area contributed by atoms with Gasteiger partial charge < -0.3 is 10.6 Å². The van der Waals surface area contributed by atoms with E-state index in [-0.39, 0.29) is 24.2 Å². The van der Waals surface area contributed by atoms with E-state index in [1.54, 1.807) is 0 Å². The SMILES string of the molecule is Cc1cc(C)cc(NC(=O)[C@H]2CCN[C@@H](C)C2)c1.Cl. The Balaban J connectivity index is 0.00000180. The van der Waals surface area contributed by atoms with Crippen LogP contribution < -0.4 is 10.6 Å². The van der Waals surface area contributed by atoms with Gasteiger partial charge in [0.25, 0.3) is 0 Å². The number of hydrogen-bond donors (Lipinski definition) is 2. The summed E-state index contributed by atoms with van der Waals surface area (Å²) in [5.41, 5.74) is 3.29. The van der Waals surface area contributed by atoms with E-state index in [4.69, 9.17) is 0 Å². The molecule has 1 aromatic carbocycles. The molecule has 1 aliphatic rings. The van der Waals surface area contributed by atoms with Crippen molar-refractivity contribution in [3.8, 4) is 0 Å². The van der Waals surface area contributed by atoms with E-state index in [0.717, 1.165) is 25.1 Å². The quantitative estimate of drug-likeness (QED) is 0.875. The molecule has 1 saturated heterocycles. The van der Waals surface area contributed by atoms with Gasteiger partial charge in [-0.3, -0.25) is 4.79 Å². The van der Waals surface area contributed by atoms with E-state index >= 15 is 0 Å². The van der Waals surface area contributed by atoms with Gasteiger partial charge in [-0.25, -0.2) is 0 Å². The number of nitrogens with one attached hydrogen (secondary N) is 2. The zero-order valence-electron chi connectivity index (χ0n) is 11.8. The molecule has 1 aliphatic heterocycles. The van der Waals surface area contributed by atoms with Crippen LogP contribution in [0, 0.1) is 19.8 Å². The molecule has 0 spiro atoms. The van der Waals surface area contributed by atoms with Gasteiger partial charge in [-0.2, -0.15) is 0 Å². The third-order valence-electron chi connectivity index (χ3n) is 3.48. The van der Waals surface area contributed by atoms with E-state index < -0.39 is 0 Å². The highest BCUT2D eigenvalue weighted by molar-refractivity contribution is 5.92. The maximum atomic E-state index is 12.2. The minimum absolute atomic E-state index is 0. The lowest BCUT2D eigenvalue weighted by molar-refractivity contribution is -0.120. The van der Waals surface area contributed by atoms with Gasteiger partial charge in [-0.15, -0.1) is 12.4 Å². The Labute approximate surface area is 121 Å². The molecule has 1 aromatic rings. The Bertz CT molecular complexity index is 428. The zero-order chi connectivity index (χ0) is 13.1. The molecule has 0 unspecified atom stereocenters. The summed E-state index contributed by atoms with van der Waals surface area (Å²) in [5, 5.41) is 6.42. The van der Waals surface area contributed by atoms with E-state index in [0.29, 0.717) is 6.04 Å². The third kappa shape index (κ3) is 4.51. The van der Waals surface area contributed by atoms with E-state index in [1.807, 2.05) is 12.1 Å². The molecule has 1 heterocycles. The van der Waals surface area contributed by atoms with E-state index in [9.17, 15) is 4.79 Å². The summed E-state index contributed by atoms with van der Waals surface area (Å²) in [4.78, 5) is 12.2. The fourth-order valence-electron chi connectivity index (χ4n) is 2.66. The van der Waals surface area contributed by atoms with Gasteiger partial charge in [0, 0.05) is 17.6 Å². The van der Waals surface area contributed by atoms with Crippen molar-refractivity contribution in [3.63, 3.8) is 0 Å². The third-order valence-corrected chi connectivity index (χ3v) is 3.48. The van der Waals surface area contributed by atoms with Crippen molar-refractivity contribution in [2.75, 3.05) is 11.9 Å². The van der Waals surface area contributed by atoms with Crippen LogP contribution in [0.15, 0.2) is 18.2 Å². The molecule has 2 atom stereocenters. The second kappa shape index (κ2) is 6.92. The number of benzene rings is 1. The van der Waals surface area contributed by atoms with Crippen LogP contribution in [-0.4, -0.2) is 18.5 Å². The minimum atomic E-state index is 0. The van der Waals surface area contributed by atoms with Gasteiger partial charge >= 0.3 is 0 Å². The maximum absolute atomic E-state index is 12.2. The topological polar surface area (TPSA) is 41.1 Å². The summed E-state index contributed by atoms with van der Waals surface area (Å²) < 4.78 is 0. The molecule has 3 nitrogen and oxygen atoms in total. The lowest BCUT2D eigenvalue weighted by Crippen LogP contribution is -2.40. The van der Waals surface area contributed by atoms with Gasteiger partial charge in [0.2, 0.25) is 5.91 Å². The summed E-state index contributed by atoms with van der Waals surface area (Å²) in [6.45, 7) is 7.17. The monoisotopic (exact) mass is 282 g/mol. The first kappa shape index (κ1) is 16.0. The highest BCUT2D eigenvalue weighted by atomic mass is 35.5. The summed E-state index contributed by atoms with van der Waals surface area (Å²) in [6.07, 6.45) is 1.86. The van der Waals surface area contributed by atoms with Crippen LogP contribution in [0.1, 0.15) is 30.9 Å². The van der Waals surface area contributed by atoms with Crippen molar-refractivity contribution in [1.29, 1.82) is 0 Å². The van der Waals surface area contributed by atoms with Crippen molar-refractivity contribution < 1.29 is 4.79 Å². The molecule has 19 heavy (non-hydrogen) atoms. The molecule has 4 heteroatoms. The predicted octanol–water partition coefficient (Wildman–Crippen LogP) is 3.05. The lowest BCUT2D eigenvalue weighted by atomic mass is 9.92. The Hall–Kier alpha value is -1.06. The van der Waals surface area contributed by atoms with Crippen LogP contribution in [0.3, 0.4) is 0 Å². The zero-order valence-corrected chi connectivity index (χ0v) is 12.6. The van der Waals surface area contributed by atoms with Gasteiger partial charge in [-0.05, 0) is 63.4 Å². The fourth-order valence-corrected chi connectivity index (χ4v) is 2.66. The number of anilines is 1. The standard InChI is InChI=1S/C15H22N2O.ClH/c1-10-6-11(2)8-14(7-10)17-15(18)13-4-5-16-12(3)9-13;/h6-8,12-13,16H,4-5,9H2,1-3H3,(H,17,18);1H/t12-,13-;/m0./s1. The minimum Gasteiger partial charge on any atom is -0.326 e. The number of halogens is 1. The van der Waals surface area contributed by atoms with Crippen LogP contribution in [-0.2, 0) is 4.79 Å². The smallest absolute Gasteiger partial charge is 0.227 e.